The Morgan fingerprint density at radius 2 is 2.22 bits per heavy atom. The van der Waals surface area contributed by atoms with Crippen molar-refractivity contribution in [3.8, 4) is 0 Å². The van der Waals surface area contributed by atoms with Gasteiger partial charge in [-0.3, -0.25) is 4.79 Å². The molecule has 0 saturated heterocycles. The summed E-state index contributed by atoms with van der Waals surface area (Å²) in [5, 5.41) is 3.08. The van der Waals surface area contributed by atoms with E-state index in [1.165, 1.54) is 25.5 Å². The average molecular weight is 273 g/mol. The van der Waals surface area contributed by atoms with Crippen molar-refractivity contribution in [1.82, 2.24) is 5.32 Å². The smallest absolute Gasteiger partial charge is 0.254 e. The van der Waals surface area contributed by atoms with Crippen molar-refractivity contribution in [2.45, 2.75) is 45.2 Å². The minimum Gasteiger partial charge on any atom is -0.467 e. The number of nitrogens with two attached hydrogens (primary N) is 1. The van der Waals surface area contributed by atoms with Gasteiger partial charge in [0.15, 0.2) is 0 Å². The molecule has 3 N–H and O–H groups in total. The molecule has 0 bridgehead atoms. The summed E-state index contributed by atoms with van der Waals surface area (Å²) in [6, 6.07) is 2.01. The second kappa shape index (κ2) is 6.81. The van der Waals surface area contributed by atoms with Crippen LogP contribution in [0.4, 0.5) is 0 Å². The van der Waals surface area contributed by atoms with Crippen LogP contribution in [0, 0.1) is 5.92 Å². The van der Waals surface area contributed by atoms with Gasteiger partial charge in [0.05, 0.1) is 12.1 Å². The predicted molar refractivity (Wildman–Crippen MR) is 72.7 cm³/mol. The molecule has 1 amide bonds. The molecule has 1 saturated carbocycles. The van der Waals surface area contributed by atoms with Crippen LogP contribution < -0.4 is 11.1 Å². The van der Waals surface area contributed by atoms with Crippen molar-refractivity contribution in [2.24, 2.45) is 11.7 Å². The molecule has 2 atom stereocenters. The highest BCUT2D eigenvalue weighted by atomic mass is 35.5. The van der Waals surface area contributed by atoms with E-state index >= 15 is 0 Å². The maximum absolute atomic E-state index is 12.0. The summed E-state index contributed by atoms with van der Waals surface area (Å²) in [7, 11) is 0. The van der Waals surface area contributed by atoms with Crippen LogP contribution in [-0.4, -0.2) is 11.9 Å². The van der Waals surface area contributed by atoms with Gasteiger partial charge in [-0.1, -0.05) is 19.8 Å². The van der Waals surface area contributed by atoms with E-state index in [0.29, 0.717) is 29.8 Å². The van der Waals surface area contributed by atoms with Crippen molar-refractivity contribution in [3.05, 3.63) is 23.7 Å². The molecule has 1 aromatic rings. The van der Waals surface area contributed by atoms with E-state index in [4.69, 9.17) is 10.2 Å². The lowest BCUT2D eigenvalue weighted by Gasteiger charge is -2.29. The maximum Gasteiger partial charge on any atom is 0.254 e. The fraction of sp³-hybridized carbons (Fsp3) is 0.615. The second-order valence-corrected chi connectivity index (χ2v) is 4.85. The number of nitrogens with one attached hydrogen (secondary N) is 1. The molecule has 1 fully saturated rings. The molecular weight excluding hydrogens is 252 g/mol. The normalized spacial score (nSPS) is 23.2. The third kappa shape index (κ3) is 3.50. The Bertz CT molecular complexity index is 392. The molecule has 1 heterocycles. The molecule has 0 radical (unpaired) electrons. The quantitative estimate of drug-likeness (QED) is 0.888. The minimum atomic E-state index is -0.0489. The zero-order valence-electron chi connectivity index (χ0n) is 10.6. The Morgan fingerprint density at radius 3 is 2.83 bits per heavy atom. The molecule has 0 aliphatic heterocycles. The Labute approximate surface area is 114 Å². The summed E-state index contributed by atoms with van der Waals surface area (Å²) in [5.41, 5.74) is 6.02. The molecule has 2 rings (SSSR count). The van der Waals surface area contributed by atoms with Gasteiger partial charge in [-0.15, -0.1) is 12.4 Å². The lowest BCUT2D eigenvalue weighted by atomic mass is 9.86. The number of amides is 1. The van der Waals surface area contributed by atoms with Gasteiger partial charge in [-0.05, 0) is 24.8 Å². The Hall–Kier alpha value is -1.00. The molecule has 0 spiro atoms. The SMILES string of the molecule is CC1CCCCC1NC(=O)c1coc(CN)c1.Cl. The van der Waals surface area contributed by atoms with E-state index < -0.39 is 0 Å². The molecule has 1 aliphatic carbocycles. The van der Waals surface area contributed by atoms with Crippen molar-refractivity contribution in [3.63, 3.8) is 0 Å². The molecule has 2 unspecified atom stereocenters. The summed E-state index contributed by atoms with van der Waals surface area (Å²) in [4.78, 5) is 12.0. The highest BCUT2D eigenvalue weighted by Crippen LogP contribution is 2.24. The Kier molecular flexibility index (Phi) is 5.69. The van der Waals surface area contributed by atoms with Gasteiger partial charge in [0.1, 0.15) is 12.0 Å². The summed E-state index contributed by atoms with van der Waals surface area (Å²) >= 11 is 0. The van der Waals surface area contributed by atoms with Crippen LogP contribution in [0.2, 0.25) is 0 Å². The summed E-state index contributed by atoms with van der Waals surface area (Å²) < 4.78 is 5.17. The first-order valence-corrected chi connectivity index (χ1v) is 6.29. The summed E-state index contributed by atoms with van der Waals surface area (Å²) in [6.07, 6.45) is 6.23. The van der Waals surface area contributed by atoms with Crippen molar-refractivity contribution < 1.29 is 9.21 Å². The van der Waals surface area contributed by atoms with E-state index in [1.54, 1.807) is 6.07 Å². The molecule has 0 aromatic carbocycles. The topological polar surface area (TPSA) is 68.3 Å². The molecule has 4 nitrogen and oxygen atoms in total. The van der Waals surface area contributed by atoms with Gasteiger partial charge in [-0.25, -0.2) is 0 Å². The third-order valence-corrected chi connectivity index (χ3v) is 3.55. The van der Waals surface area contributed by atoms with Crippen molar-refractivity contribution in [1.29, 1.82) is 0 Å². The summed E-state index contributed by atoms with van der Waals surface area (Å²) in [6.45, 7) is 2.53. The van der Waals surface area contributed by atoms with Crippen LogP contribution in [0.25, 0.3) is 0 Å². The fourth-order valence-electron chi connectivity index (χ4n) is 2.39. The van der Waals surface area contributed by atoms with Crippen LogP contribution in [0.15, 0.2) is 16.7 Å². The number of furan rings is 1. The molecule has 102 valence electrons. The zero-order valence-corrected chi connectivity index (χ0v) is 11.5. The first-order chi connectivity index (χ1) is 8.20. The van der Waals surface area contributed by atoms with Gasteiger partial charge < -0.3 is 15.5 Å². The van der Waals surface area contributed by atoms with Crippen LogP contribution in [0.3, 0.4) is 0 Å². The van der Waals surface area contributed by atoms with E-state index in [0.717, 1.165) is 6.42 Å². The van der Waals surface area contributed by atoms with Crippen LogP contribution in [0.5, 0.6) is 0 Å². The van der Waals surface area contributed by atoms with Gasteiger partial charge >= 0.3 is 0 Å². The number of carbonyl (C=O) groups is 1. The lowest BCUT2D eigenvalue weighted by Crippen LogP contribution is -2.40. The van der Waals surface area contributed by atoms with Crippen molar-refractivity contribution >= 4 is 18.3 Å². The molecule has 1 aromatic heterocycles. The van der Waals surface area contributed by atoms with Crippen LogP contribution in [-0.2, 0) is 6.54 Å². The molecule has 18 heavy (non-hydrogen) atoms. The van der Waals surface area contributed by atoms with E-state index in [9.17, 15) is 4.79 Å². The average Bonchev–Trinajstić information content (AvgIpc) is 2.81. The van der Waals surface area contributed by atoms with Crippen LogP contribution in [0.1, 0.15) is 48.7 Å². The highest BCUT2D eigenvalue weighted by molar-refractivity contribution is 5.94. The number of hydrogen-bond donors (Lipinski definition) is 2. The number of hydrogen-bond acceptors (Lipinski definition) is 3. The predicted octanol–water partition coefficient (Wildman–Crippen LogP) is 2.47. The monoisotopic (exact) mass is 272 g/mol. The number of carbonyl (C=O) groups excluding carboxylic acids is 1. The van der Waals surface area contributed by atoms with Gasteiger partial charge in [0.2, 0.25) is 0 Å². The largest absolute Gasteiger partial charge is 0.467 e. The molecular formula is C13H21ClN2O2. The fourth-order valence-corrected chi connectivity index (χ4v) is 2.39. The molecule has 5 heteroatoms. The second-order valence-electron chi connectivity index (χ2n) is 4.85. The number of halogens is 1. The third-order valence-electron chi connectivity index (χ3n) is 3.55. The van der Waals surface area contributed by atoms with Crippen molar-refractivity contribution in [2.75, 3.05) is 0 Å². The van der Waals surface area contributed by atoms with E-state index in [2.05, 4.69) is 12.2 Å². The van der Waals surface area contributed by atoms with E-state index in [1.807, 2.05) is 0 Å². The van der Waals surface area contributed by atoms with Gasteiger partial charge in [0, 0.05) is 6.04 Å². The van der Waals surface area contributed by atoms with Crippen LogP contribution >= 0.6 is 12.4 Å². The van der Waals surface area contributed by atoms with Gasteiger partial charge in [-0.2, -0.15) is 0 Å². The minimum absolute atomic E-state index is 0. The number of rotatable bonds is 3. The first kappa shape index (κ1) is 15.1. The Balaban J connectivity index is 0.00000162. The van der Waals surface area contributed by atoms with E-state index in [-0.39, 0.29) is 18.3 Å². The Morgan fingerprint density at radius 1 is 1.50 bits per heavy atom. The standard InChI is InChI=1S/C13H20N2O2.ClH/c1-9-4-2-3-5-12(9)15-13(16)10-6-11(7-14)17-8-10;/h6,8-9,12H,2-5,7,14H2,1H3,(H,15,16);1H. The summed E-state index contributed by atoms with van der Waals surface area (Å²) in [5.74, 6) is 1.16. The molecule has 1 aliphatic rings. The lowest BCUT2D eigenvalue weighted by molar-refractivity contribution is 0.0909. The maximum atomic E-state index is 12.0. The zero-order chi connectivity index (χ0) is 12.3. The highest BCUT2D eigenvalue weighted by Gasteiger charge is 2.23. The first-order valence-electron chi connectivity index (χ1n) is 6.29. The van der Waals surface area contributed by atoms with Gasteiger partial charge in [0.25, 0.3) is 5.91 Å².